The van der Waals surface area contributed by atoms with Crippen molar-refractivity contribution >= 4 is 17.5 Å². The Morgan fingerprint density at radius 2 is 1.73 bits per heavy atom. The molecule has 9 heteroatoms. The number of benzene rings is 2. The Balaban J connectivity index is 1.48. The van der Waals surface area contributed by atoms with Crippen LogP contribution >= 0.6 is 11.6 Å². The second-order valence-electron chi connectivity index (χ2n) is 12.3. The predicted molar refractivity (Wildman–Crippen MR) is 161 cm³/mol. The number of rotatable bonds is 11. The molecule has 3 N–H and O–H groups in total. The number of carbonyl (C=O) groups is 1. The van der Waals surface area contributed by atoms with Gasteiger partial charge in [-0.25, -0.2) is 0 Å². The average molecular weight is 588 g/mol. The molecular weight excluding hydrogens is 542 g/mol. The normalized spacial score (nSPS) is 22.0. The van der Waals surface area contributed by atoms with E-state index in [2.05, 4.69) is 21.6 Å². The standard InChI is InChI=1S/C32H46ClN3O5/c1-20(2)40-28-19-26-22(17-27(28)39-6)18-29(37)36(30(26)21-7-9-23(33)10-8-21)25-13-11-24(12-14-25)34-15-16-35-31(38)41-32(3,4)5/h7-10,17,19-20,24-25,30-31,34-35,38H,11-16,18H2,1-6H3. The van der Waals surface area contributed by atoms with Crippen LogP contribution in [0, 0.1) is 0 Å². The van der Waals surface area contributed by atoms with E-state index in [1.807, 2.05) is 65.0 Å². The van der Waals surface area contributed by atoms with Crippen molar-refractivity contribution in [2.24, 2.45) is 0 Å². The van der Waals surface area contributed by atoms with Crippen molar-refractivity contribution in [2.75, 3.05) is 20.2 Å². The third kappa shape index (κ3) is 8.36. The maximum Gasteiger partial charge on any atom is 0.228 e. The number of aliphatic hydroxyl groups excluding tert-OH is 1. The minimum absolute atomic E-state index is 0.00971. The van der Waals surface area contributed by atoms with Crippen LogP contribution in [0.15, 0.2) is 36.4 Å². The minimum Gasteiger partial charge on any atom is -0.493 e. The molecule has 2 unspecified atom stereocenters. The maximum atomic E-state index is 13.8. The largest absolute Gasteiger partial charge is 0.493 e. The fourth-order valence-electron chi connectivity index (χ4n) is 5.89. The molecular formula is C32H46ClN3O5. The summed E-state index contributed by atoms with van der Waals surface area (Å²) in [6.07, 6.45) is 3.11. The van der Waals surface area contributed by atoms with Gasteiger partial charge in [-0.1, -0.05) is 23.7 Å². The second kappa shape index (κ2) is 13.7. The molecule has 2 aliphatic rings. The number of halogens is 1. The van der Waals surface area contributed by atoms with Crippen molar-refractivity contribution in [2.45, 2.75) is 103 Å². The molecule has 1 aliphatic carbocycles. The summed E-state index contributed by atoms with van der Waals surface area (Å²) in [6.45, 7) is 11.0. The Bertz CT molecular complexity index is 1160. The van der Waals surface area contributed by atoms with E-state index in [4.69, 9.17) is 25.8 Å². The van der Waals surface area contributed by atoms with Crippen LogP contribution in [0.2, 0.25) is 5.02 Å². The van der Waals surface area contributed by atoms with Crippen molar-refractivity contribution in [3.05, 3.63) is 58.1 Å². The molecule has 41 heavy (non-hydrogen) atoms. The number of hydrogen-bond donors (Lipinski definition) is 3. The van der Waals surface area contributed by atoms with E-state index in [1.54, 1.807) is 7.11 Å². The van der Waals surface area contributed by atoms with Gasteiger partial charge < -0.3 is 29.5 Å². The van der Waals surface area contributed by atoms with Gasteiger partial charge in [0.05, 0.1) is 31.3 Å². The first-order valence-corrected chi connectivity index (χ1v) is 15.1. The van der Waals surface area contributed by atoms with Gasteiger partial charge in [-0.2, -0.15) is 0 Å². The molecule has 4 rings (SSSR count). The monoisotopic (exact) mass is 587 g/mol. The van der Waals surface area contributed by atoms with E-state index in [-0.39, 0.29) is 24.1 Å². The Labute approximate surface area is 249 Å². The topological polar surface area (TPSA) is 92.3 Å². The third-order valence-electron chi connectivity index (χ3n) is 7.61. The van der Waals surface area contributed by atoms with Crippen LogP contribution in [0.3, 0.4) is 0 Å². The van der Waals surface area contributed by atoms with E-state index >= 15 is 0 Å². The zero-order valence-electron chi connectivity index (χ0n) is 25.2. The van der Waals surface area contributed by atoms with Crippen LogP contribution in [-0.2, 0) is 16.0 Å². The van der Waals surface area contributed by atoms with Crippen LogP contribution in [-0.4, -0.2) is 66.3 Å². The summed E-state index contributed by atoms with van der Waals surface area (Å²) in [5.74, 6) is 1.46. The van der Waals surface area contributed by atoms with E-state index in [1.165, 1.54) is 0 Å². The Morgan fingerprint density at radius 3 is 2.34 bits per heavy atom. The quantitative estimate of drug-likeness (QED) is 0.246. The zero-order valence-corrected chi connectivity index (χ0v) is 26.0. The average Bonchev–Trinajstić information content (AvgIpc) is 2.90. The lowest BCUT2D eigenvalue weighted by Crippen LogP contribution is -2.50. The summed E-state index contributed by atoms with van der Waals surface area (Å²) in [5, 5.41) is 17.3. The Hall–Kier alpha value is -2.36. The van der Waals surface area contributed by atoms with Crippen LogP contribution in [0.5, 0.6) is 11.5 Å². The van der Waals surface area contributed by atoms with Gasteiger partial charge in [-0.05, 0) is 101 Å². The summed E-state index contributed by atoms with van der Waals surface area (Å²) in [7, 11) is 1.63. The molecule has 1 fully saturated rings. The van der Waals surface area contributed by atoms with Gasteiger partial charge >= 0.3 is 0 Å². The van der Waals surface area contributed by atoms with E-state index in [0.29, 0.717) is 35.5 Å². The molecule has 1 heterocycles. The number of amides is 1. The molecule has 0 bridgehead atoms. The summed E-state index contributed by atoms with van der Waals surface area (Å²) in [5.41, 5.74) is 2.67. The molecule has 1 aliphatic heterocycles. The van der Waals surface area contributed by atoms with Crippen molar-refractivity contribution in [1.29, 1.82) is 0 Å². The van der Waals surface area contributed by atoms with Crippen LogP contribution in [0.4, 0.5) is 0 Å². The Morgan fingerprint density at radius 1 is 1.05 bits per heavy atom. The highest BCUT2D eigenvalue weighted by Gasteiger charge is 2.40. The fourth-order valence-corrected chi connectivity index (χ4v) is 6.01. The molecule has 8 nitrogen and oxygen atoms in total. The zero-order chi connectivity index (χ0) is 29.7. The summed E-state index contributed by atoms with van der Waals surface area (Å²) >= 11 is 6.25. The molecule has 226 valence electrons. The maximum absolute atomic E-state index is 13.8. The van der Waals surface area contributed by atoms with Crippen LogP contribution < -0.4 is 20.1 Å². The first kappa shape index (κ1) is 31.6. The van der Waals surface area contributed by atoms with Crippen molar-refractivity contribution in [3.63, 3.8) is 0 Å². The number of nitrogens with zero attached hydrogens (tertiary/aromatic N) is 1. The Kier molecular flexibility index (Phi) is 10.6. The highest BCUT2D eigenvalue weighted by Crippen LogP contribution is 2.44. The van der Waals surface area contributed by atoms with Crippen LogP contribution in [0.25, 0.3) is 0 Å². The van der Waals surface area contributed by atoms with Gasteiger partial charge in [0.1, 0.15) is 0 Å². The first-order valence-electron chi connectivity index (χ1n) is 14.7. The highest BCUT2D eigenvalue weighted by atomic mass is 35.5. The lowest BCUT2D eigenvalue weighted by atomic mass is 9.82. The van der Waals surface area contributed by atoms with Crippen molar-refractivity contribution in [3.8, 4) is 11.5 Å². The summed E-state index contributed by atoms with van der Waals surface area (Å²) < 4.78 is 17.3. The molecule has 0 spiro atoms. The van der Waals surface area contributed by atoms with Crippen LogP contribution in [0.1, 0.15) is 83.0 Å². The number of hydrogen-bond acceptors (Lipinski definition) is 7. The number of nitrogens with one attached hydrogen (secondary N) is 2. The van der Waals surface area contributed by atoms with Crippen molar-refractivity contribution < 1.29 is 24.1 Å². The first-order chi connectivity index (χ1) is 19.4. The molecule has 1 saturated carbocycles. The van der Waals surface area contributed by atoms with Gasteiger partial charge in [0.15, 0.2) is 11.5 Å². The van der Waals surface area contributed by atoms with E-state index in [9.17, 15) is 9.90 Å². The van der Waals surface area contributed by atoms with Gasteiger partial charge in [0.2, 0.25) is 12.3 Å². The number of fused-ring (bicyclic) bond motifs is 1. The van der Waals surface area contributed by atoms with E-state index in [0.717, 1.165) is 48.9 Å². The predicted octanol–water partition coefficient (Wildman–Crippen LogP) is 5.19. The second-order valence-corrected chi connectivity index (χ2v) is 12.7. The van der Waals surface area contributed by atoms with Gasteiger partial charge in [-0.15, -0.1) is 0 Å². The number of aliphatic hydroxyl groups is 1. The third-order valence-corrected chi connectivity index (χ3v) is 7.86. The molecule has 0 radical (unpaired) electrons. The SMILES string of the molecule is COc1cc2c(cc1OC(C)C)C(c1ccc(Cl)cc1)N(C1CCC(NCCNC(O)OC(C)(C)C)CC1)C(=O)C2. The number of ether oxygens (including phenoxy) is 3. The fraction of sp³-hybridized carbons (Fsp3) is 0.594. The minimum atomic E-state index is -0.989. The lowest BCUT2D eigenvalue weighted by Gasteiger charge is -2.45. The van der Waals surface area contributed by atoms with Gasteiger partial charge in [0, 0.05) is 30.2 Å². The highest BCUT2D eigenvalue weighted by molar-refractivity contribution is 6.30. The summed E-state index contributed by atoms with van der Waals surface area (Å²) in [4.78, 5) is 15.9. The molecule has 1 amide bonds. The van der Waals surface area contributed by atoms with Crippen molar-refractivity contribution in [1.82, 2.24) is 15.5 Å². The van der Waals surface area contributed by atoms with Gasteiger partial charge in [0.25, 0.3) is 0 Å². The molecule has 2 aromatic carbocycles. The summed E-state index contributed by atoms with van der Waals surface area (Å²) in [6, 6.07) is 12.1. The van der Waals surface area contributed by atoms with Gasteiger partial charge in [-0.3, -0.25) is 10.1 Å². The molecule has 0 saturated heterocycles. The van der Waals surface area contributed by atoms with E-state index < -0.39 is 12.0 Å². The smallest absolute Gasteiger partial charge is 0.228 e. The molecule has 2 aromatic rings. The molecule has 0 aromatic heterocycles. The number of carbonyl (C=O) groups excluding carboxylic acids is 1. The number of methoxy groups -OCH3 is 1. The lowest BCUT2D eigenvalue weighted by molar-refractivity contribution is -0.181. The molecule has 2 atom stereocenters.